The van der Waals surface area contributed by atoms with Gasteiger partial charge < -0.3 is 18.9 Å². The summed E-state index contributed by atoms with van der Waals surface area (Å²) in [6.07, 6.45) is 0.189. The molecule has 0 aliphatic heterocycles. The number of carbonyl (C=O) groups is 1. The number of carboxylic acid groups (broad SMARTS) is 1. The summed E-state index contributed by atoms with van der Waals surface area (Å²) < 4.78 is 24.4. The second-order valence-corrected chi connectivity index (χ2v) is 6.24. The highest BCUT2D eigenvalue weighted by atomic mass is 32.2. The summed E-state index contributed by atoms with van der Waals surface area (Å²) in [7, 11) is 3.86. The van der Waals surface area contributed by atoms with E-state index in [1.54, 1.807) is 6.07 Å². The van der Waals surface area contributed by atoms with Crippen LogP contribution in [0.25, 0.3) is 10.8 Å². The van der Waals surface area contributed by atoms with Crippen LogP contribution in [0.5, 0.6) is 0 Å². The molecule has 2 aromatic rings. The number of anilines is 2. The molecule has 1 N–H and O–H groups in total. The highest BCUT2D eigenvalue weighted by molar-refractivity contribution is 7.80. The number of hydrogen-bond acceptors (Lipinski definition) is 4. The number of benzene rings is 2. The molecule has 0 amide bonds. The zero-order chi connectivity index (χ0) is 17.0. The largest absolute Gasteiger partial charge is 0.755 e. The third-order valence-corrected chi connectivity index (χ3v) is 4.30. The van der Waals surface area contributed by atoms with Gasteiger partial charge in [-0.15, -0.1) is 0 Å². The van der Waals surface area contributed by atoms with E-state index in [1.165, 1.54) is 4.31 Å². The van der Waals surface area contributed by atoms with Crippen LogP contribution in [-0.2, 0) is 16.1 Å². The molecule has 0 aliphatic rings. The summed E-state index contributed by atoms with van der Waals surface area (Å²) in [6.45, 7) is 0.133. The van der Waals surface area contributed by atoms with Crippen LogP contribution in [0.4, 0.5) is 11.4 Å². The fourth-order valence-corrected chi connectivity index (χ4v) is 3.13. The van der Waals surface area contributed by atoms with Gasteiger partial charge in [-0.25, -0.2) is 0 Å². The van der Waals surface area contributed by atoms with Gasteiger partial charge in [-0.05, 0) is 18.6 Å². The first-order valence-electron chi connectivity index (χ1n) is 7.19. The first-order valence-corrected chi connectivity index (χ1v) is 8.22. The van der Waals surface area contributed by atoms with Crippen molar-refractivity contribution < 1.29 is 18.7 Å². The molecule has 1 atom stereocenters. The Morgan fingerprint density at radius 1 is 1.13 bits per heavy atom. The Bertz CT molecular complexity index is 733. The Morgan fingerprint density at radius 3 is 2.22 bits per heavy atom. The second kappa shape index (κ2) is 7.43. The van der Waals surface area contributed by atoms with E-state index in [0.717, 1.165) is 16.5 Å². The SMILES string of the molecule is CN(C)c1cccc2c(N(CCCC(=O)O)S(=O)[O-])cccc12. The van der Waals surface area contributed by atoms with Gasteiger partial charge in [0.15, 0.2) is 0 Å². The van der Waals surface area contributed by atoms with E-state index in [1.807, 2.05) is 49.3 Å². The summed E-state index contributed by atoms with van der Waals surface area (Å²) in [5.41, 5.74) is 1.55. The van der Waals surface area contributed by atoms with E-state index >= 15 is 0 Å². The topological polar surface area (TPSA) is 83.9 Å². The maximum Gasteiger partial charge on any atom is 0.303 e. The average molecular weight is 335 g/mol. The van der Waals surface area contributed by atoms with Gasteiger partial charge in [-0.3, -0.25) is 9.00 Å². The molecule has 0 saturated carbocycles. The standard InChI is InChI=1S/C16H20N2O4S/c1-17(2)14-8-3-7-13-12(14)6-4-9-15(13)18(23(21)22)11-5-10-16(19)20/h3-4,6-9H,5,10-11H2,1-2H3,(H,19,20)(H,21,22)/p-1. The van der Waals surface area contributed by atoms with Crippen molar-refractivity contribution in [3.63, 3.8) is 0 Å². The Labute approximate surface area is 137 Å². The number of nitrogens with zero attached hydrogens (tertiary/aromatic N) is 2. The lowest BCUT2D eigenvalue weighted by Crippen LogP contribution is -2.27. The molecule has 0 saturated heterocycles. The maximum atomic E-state index is 11.6. The van der Waals surface area contributed by atoms with Gasteiger partial charge in [-0.1, -0.05) is 24.3 Å². The number of aliphatic carboxylic acids is 1. The Balaban J connectivity index is 2.45. The molecule has 0 fully saturated rings. The predicted molar refractivity (Wildman–Crippen MR) is 91.4 cm³/mol. The molecular formula is C16H19N2O4S-. The quantitative estimate of drug-likeness (QED) is 0.785. The van der Waals surface area contributed by atoms with Crippen molar-refractivity contribution in [3.05, 3.63) is 36.4 Å². The van der Waals surface area contributed by atoms with Crippen molar-refractivity contribution in [3.8, 4) is 0 Å². The molecule has 0 radical (unpaired) electrons. The molecular weight excluding hydrogens is 316 g/mol. The molecule has 2 rings (SSSR count). The molecule has 0 aromatic heterocycles. The van der Waals surface area contributed by atoms with Crippen LogP contribution >= 0.6 is 0 Å². The second-order valence-electron chi connectivity index (χ2n) is 5.36. The van der Waals surface area contributed by atoms with E-state index in [-0.39, 0.29) is 19.4 Å². The van der Waals surface area contributed by atoms with E-state index in [0.29, 0.717) is 5.69 Å². The van der Waals surface area contributed by atoms with Crippen molar-refractivity contribution in [2.75, 3.05) is 29.8 Å². The number of carboxylic acids is 1. The summed E-state index contributed by atoms with van der Waals surface area (Å²) in [4.78, 5) is 12.6. The zero-order valence-corrected chi connectivity index (χ0v) is 13.9. The zero-order valence-electron chi connectivity index (χ0n) is 13.1. The first kappa shape index (κ1) is 17.2. The van der Waals surface area contributed by atoms with Gasteiger partial charge in [-0.2, -0.15) is 0 Å². The van der Waals surface area contributed by atoms with Gasteiger partial charge in [0.05, 0.1) is 5.69 Å². The van der Waals surface area contributed by atoms with E-state index in [9.17, 15) is 13.6 Å². The van der Waals surface area contributed by atoms with Crippen LogP contribution < -0.4 is 9.21 Å². The van der Waals surface area contributed by atoms with Crippen molar-refractivity contribution in [2.45, 2.75) is 12.8 Å². The molecule has 0 bridgehead atoms. The van der Waals surface area contributed by atoms with Gasteiger partial charge in [0.25, 0.3) is 0 Å². The van der Waals surface area contributed by atoms with Gasteiger partial charge >= 0.3 is 5.97 Å². The van der Waals surface area contributed by atoms with Crippen LogP contribution in [0.2, 0.25) is 0 Å². The number of hydrogen-bond donors (Lipinski definition) is 1. The minimum absolute atomic E-state index is 0.0680. The van der Waals surface area contributed by atoms with Crippen LogP contribution in [0, 0.1) is 0 Å². The minimum Gasteiger partial charge on any atom is -0.755 e. The molecule has 23 heavy (non-hydrogen) atoms. The van der Waals surface area contributed by atoms with Gasteiger partial charge in [0.1, 0.15) is 0 Å². The third-order valence-electron chi connectivity index (χ3n) is 3.56. The van der Waals surface area contributed by atoms with Crippen molar-refractivity contribution >= 4 is 39.4 Å². The monoisotopic (exact) mass is 335 g/mol. The lowest BCUT2D eigenvalue weighted by atomic mass is 10.1. The molecule has 7 heteroatoms. The normalized spacial score (nSPS) is 12.1. The molecule has 0 aliphatic carbocycles. The molecule has 1 unspecified atom stereocenters. The van der Waals surface area contributed by atoms with Crippen LogP contribution in [0.15, 0.2) is 36.4 Å². The Hall–Kier alpha value is -2.12. The maximum absolute atomic E-state index is 11.6. The van der Waals surface area contributed by atoms with Crippen LogP contribution in [-0.4, -0.2) is 40.5 Å². The van der Waals surface area contributed by atoms with Gasteiger partial charge in [0.2, 0.25) is 0 Å². The number of fused-ring (bicyclic) bond motifs is 1. The summed E-state index contributed by atoms with van der Waals surface area (Å²) in [6, 6.07) is 11.2. The average Bonchev–Trinajstić information content (AvgIpc) is 2.50. The van der Waals surface area contributed by atoms with Crippen LogP contribution in [0.3, 0.4) is 0 Å². The smallest absolute Gasteiger partial charge is 0.303 e. The van der Waals surface area contributed by atoms with Gasteiger partial charge in [0, 0.05) is 54.8 Å². The third kappa shape index (κ3) is 4.00. The summed E-state index contributed by atoms with van der Waals surface area (Å²) in [5, 5.41) is 10.5. The minimum atomic E-state index is -2.47. The predicted octanol–water partition coefficient (Wildman–Crippen LogP) is 2.37. The lowest BCUT2D eigenvalue weighted by molar-refractivity contribution is -0.137. The van der Waals surface area contributed by atoms with E-state index in [4.69, 9.17) is 5.11 Å². The summed E-state index contributed by atoms with van der Waals surface area (Å²) >= 11 is -2.47. The van der Waals surface area contributed by atoms with Crippen LogP contribution in [0.1, 0.15) is 12.8 Å². The van der Waals surface area contributed by atoms with E-state index < -0.39 is 17.2 Å². The van der Waals surface area contributed by atoms with Crippen molar-refractivity contribution in [1.29, 1.82) is 0 Å². The highest BCUT2D eigenvalue weighted by Gasteiger charge is 2.13. The summed E-state index contributed by atoms with van der Waals surface area (Å²) in [5.74, 6) is -0.936. The van der Waals surface area contributed by atoms with E-state index in [2.05, 4.69) is 0 Å². The molecule has 124 valence electrons. The Morgan fingerprint density at radius 2 is 1.70 bits per heavy atom. The van der Waals surface area contributed by atoms with Crippen molar-refractivity contribution in [1.82, 2.24) is 0 Å². The molecule has 6 nitrogen and oxygen atoms in total. The fraction of sp³-hybridized carbons (Fsp3) is 0.312. The van der Waals surface area contributed by atoms with Crippen molar-refractivity contribution in [2.24, 2.45) is 0 Å². The lowest BCUT2D eigenvalue weighted by Gasteiger charge is -2.28. The molecule has 0 spiro atoms. The molecule has 0 heterocycles. The fourth-order valence-electron chi connectivity index (χ4n) is 2.53. The first-order chi connectivity index (χ1) is 10.9. The number of rotatable bonds is 7. The molecule has 2 aromatic carbocycles. The highest BCUT2D eigenvalue weighted by Crippen LogP contribution is 2.33. The Kier molecular flexibility index (Phi) is 5.57.